The molecule has 2 aromatic rings. The van der Waals surface area contributed by atoms with Crippen LogP contribution in [0.5, 0.6) is 0 Å². The predicted octanol–water partition coefficient (Wildman–Crippen LogP) is 3.86. The molecule has 0 saturated carbocycles. The van der Waals surface area contributed by atoms with E-state index >= 15 is 0 Å². The van der Waals surface area contributed by atoms with E-state index in [9.17, 15) is 4.39 Å². The van der Waals surface area contributed by atoms with E-state index < -0.39 is 0 Å². The Balaban J connectivity index is 0.00000363. The highest BCUT2D eigenvalue weighted by Crippen LogP contribution is 2.23. The number of aliphatic imine (C=N–C) groups is 1. The highest BCUT2D eigenvalue weighted by Gasteiger charge is 2.23. The second kappa shape index (κ2) is 12.5. The molecule has 7 nitrogen and oxygen atoms in total. The molecule has 1 unspecified atom stereocenters. The summed E-state index contributed by atoms with van der Waals surface area (Å²) in [6.45, 7) is 12.9. The Morgan fingerprint density at radius 2 is 2.00 bits per heavy atom. The maximum absolute atomic E-state index is 13.9. The van der Waals surface area contributed by atoms with Crippen LogP contribution in [-0.4, -0.2) is 55.2 Å². The number of rotatable bonds is 7. The lowest BCUT2D eigenvalue weighted by atomic mass is 9.94. The number of halogens is 2. The molecule has 1 saturated heterocycles. The van der Waals surface area contributed by atoms with Crippen LogP contribution in [0.4, 0.5) is 4.39 Å². The van der Waals surface area contributed by atoms with Gasteiger partial charge in [-0.25, -0.2) is 14.4 Å². The molecule has 1 fully saturated rings. The minimum absolute atomic E-state index is 0. The van der Waals surface area contributed by atoms with Crippen molar-refractivity contribution in [3.8, 4) is 0 Å². The summed E-state index contributed by atoms with van der Waals surface area (Å²) in [6.07, 6.45) is 1.77. The Kier molecular flexibility index (Phi) is 10.4. The Morgan fingerprint density at radius 1 is 1.25 bits per heavy atom. The fourth-order valence-electron chi connectivity index (χ4n) is 3.47. The predicted molar refractivity (Wildman–Crippen MR) is 135 cm³/mol. The van der Waals surface area contributed by atoms with Crippen LogP contribution < -0.4 is 10.6 Å². The van der Waals surface area contributed by atoms with Crippen molar-refractivity contribution in [1.82, 2.24) is 20.5 Å². The molecule has 0 bridgehead atoms. The summed E-state index contributed by atoms with van der Waals surface area (Å²) >= 11 is 0. The topological polar surface area (TPSA) is 74.9 Å². The number of hydrogen-bond acceptors (Lipinski definition) is 5. The van der Waals surface area contributed by atoms with Crippen molar-refractivity contribution in [1.29, 1.82) is 0 Å². The molecular weight excluding hydrogens is 524 g/mol. The summed E-state index contributed by atoms with van der Waals surface area (Å²) in [5, 5.41) is 6.67. The lowest BCUT2D eigenvalue weighted by molar-refractivity contribution is 0.0169. The van der Waals surface area contributed by atoms with E-state index in [4.69, 9.17) is 9.15 Å². The van der Waals surface area contributed by atoms with Gasteiger partial charge in [0, 0.05) is 31.6 Å². The second-order valence-electron chi connectivity index (χ2n) is 8.66. The zero-order chi connectivity index (χ0) is 22.3. The summed E-state index contributed by atoms with van der Waals surface area (Å²) < 4.78 is 25.2. The molecular formula is C23H35FIN5O2. The molecule has 1 aliphatic rings. The summed E-state index contributed by atoms with van der Waals surface area (Å²) in [4.78, 5) is 11.3. The smallest absolute Gasteiger partial charge is 0.216 e. The highest BCUT2D eigenvalue weighted by atomic mass is 127. The number of hydrogen-bond donors (Lipinski definition) is 2. The molecule has 2 heterocycles. The average Bonchev–Trinajstić information content (AvgIpc) is 3.23. The van der Waals surface area contributed by atoms with Gasteiger partial charge in [-0.15, -0.1) is 24.0 Å². The van der Waals surface area contributed by atoms with Gasteiger partial charge in [-0.1, -0.05) is 32.9 Å². The molecule has 2 N–H and O–H groups in total. The molecule has 1 aromatic heterocycles. The van der Waals surface area contributed by atoms with Gasteiger partial charge >= 0.3 is 0 Å². The van der Waals surface area contributed by atoms with Crippen molar-refractivity contribution in [2.75, 3.05) is 39.4 Å². The molecule has 0 amide bonds. The quantitative estimate of drug-likeness (QED) is 0.305. The van der Waals surface area contributed by atoms with Crippen molar-refractivity contribution in [2.24, 2.45) is 4.99 Å². The SMILES string of the molecule is CCNC(=NCc1ncc(C(C)(C)C)o1)NCC(c1cccc(F)c1)N1CCOCC1.I. The number of morpholine rings is 1. The van der Waals surface area contributed by atoms with E-state index in [-0.39, 0.29) is 41.3 Å². The first-order valence-corrected chi connectivity index (χ1v) is 10.9. The van der Waals surface area contributed by atoms with Crippen molar-refractivity contribution < 1.29 is 13.5 Å². The molecule has 1 aliphatic heterocycles. The van der Waals surface area contributed by atoms with Crippen LogP contribution in [0.2, 0.25) is 0 Å². The van der Waals surface area contributed by atoms with E-state index in [0.717, 1.165) is 31.0 Å². The van der Waals surface area contributed by atoms with Gasteiger partial charge in [0.2, 0.25) is 5.89 Å². The molecule has 0 spiro atoms. The number of guanidine groups is 1. The standard InChI is InChI=1S/C23H34FN5O2.HI/c1-5-25-22(28-16-21-26-15-20(31-21)23(2,3)4)27-14-19(29-9-11-30-12-10-29)17-7-6-8-18(24)13-17;/h6-8,13,15,19H,5,9-12,14,16H2,1-4H3,(H2,25,27,28);1H. The Labute approximate surface area is 207 Å². The van der Waals surface area contributed by atoms with Gasteiger partial charge < -0.3 is 19.8 Å². The first-order valence-electron chi connectivity index (χ1n) is 10.9. The van der Waals surface area contributed by atoms with Gasteiger partial charge in [0.15, 0.2) is 5.96 Å². The van der Waals surface area contributed by atoms with Crippen molar-refractivity contribution >= 4 is 29.9 Å². The van der Waals surface area contributed by atoms with E-state index in [1.807, 2.05) is 13.0 Å². The summed E-state index contributed by atoms with van der Waals surface area (Å²) in [5.41, 5.74) is 0.849. The lowest BCUT2D eigenvalue weighted by Gasteiger charge is -2.35. The average molecular weight is 559 g/mol. The fraction of sp³-hybridized carbons (Fsp3) is 0.565. The maximum Gasteiger partial charge on any atom is 0.216 e. The molecule has 0 radical (unpaired) electrons. The molecule has 1 aromatic carbocycles. The van der Waals surface area contributed by atoms with Crippen molar-refractivity contribution in [2.45, 2.75) is 45.7 Å². The maximum atomic E-state index is 13.9. The summed E-state index contributed by atoms with van der Waals surface area (Å²) in [6, 6.07) is 6.81. The summed E-state index contributed by atoms with van der Waals surface area (Å²) in [7, 11) is 0. The van der Waals surface area contributed by atoms with Gasteiger partial charge in [-0.05, 0) is 24.6 Å². The van der Waals surface area contributed by atoms with Crippen LogP contribution in [-0.2, 0) is 16.7 Å². The normalized spacial score (nSPS) is 16.3. The van der Waals surface area contributed by atoms with Crippen LogP contribution in [0.3, 0.4) is 0 Å². The number of oxazole rings is 1. The van der Waals surface area contributed by atoms with Crippen LogP contribution in [0.1, 0.15) is 51.0 Å². The van der Waals surface area contributed by atoms with Crippen LogP contribution in [0.15, 0.2) is 39.9 Å². The molecule has 3 rings (SSSR count). The van der Waals surface area contributed by atoms with Gasteiger partial charge in [-0.3, -0.25) is 4.90 Å². The number of aromatic nitrogens is 1. The zero-order valence-electron chi connectivity index (χ0n) is 19.4. The third-order valence-corrected chi connectivity index (χ3v) is 5.19. The first kappa shape index (κ1) is 26.5. The van der Waals surface area contributed by atoms with E-state index in [0.29, 0.717) is 38.2 Å². The third-order valence-electron chi connectivity index (χ3n) is 5.19. The molecule has 0 aliphatic carbocycles. The monoisotopic (exact) mass is 559 g/mol. The van der Waals surface area contributed by atoms with Crippen LogP contribution in [0.25, 0.3) is 0 Å². The Morgan fingerprint density at radius 3 is 2.62 bits per heavy atom. The van der Waals surface area contributed by atoms with Crippen LogP contribution >= 0.6 is 24.0 Å². The number of nitrogens with one attached hydrogen (secondary N) is 2. The van der Waals surface area contributed by atoms with E-state index in [2.05, 4.69) is 46.3 Å². The van der Waals surface area contributed by atoms with Crippen LogP contribution in [0, 0.1) is 5.82 Å². The Bertz CT molecular complexity index is 862. The van der Waals surface area contributed by atoms with E-state index in [1.54, 1.807) is 18.3 Å². The zero-order valence-corrected chi connectivity index (χ0v) is 21.7. The third kappa shape index (κ3) is 7.70. The molecule has 32 heavy (non-hydrogen) atoms. The Hall–Kier alpha value is -1.72. The van der Waals surface area contributed by atoms with Crippen molar-refractivity contribution in [3.05, 3.63) is 53.5 Å². The van der Waals surface area contributed by atoms with Gasteiger partial charge in [0.05, 0.1) is 25.5 Å². The minimum Gasteiger partial charge on any atom is -0.443 e. The molecule has 178 valence electrons. The first-order chi connectivity index (χ1) is 14.9. The number of benzene rings is 1. The molecule has 9 heteroatoms. The lowest BCUT2D eigenvalue weighted by Crippen LogP contribution is -2.46. The van der Waals surface area contributed by atoms with E-state index in [1.165, 1.54) is 6.07 Å². The fourth-order valence-corrected chi connectivity index (χ4v) is 3.47. The second-order valence-corrected chi connectivity index (χ2v) is 8.66. The number of ether oxygens (including phenoxy) is 1. The summed E-state index contributed by atoms with van der Waals surface area (Å²) in [5.74, 6) is 1.87. The highest BCUT2D eigenvalue weighted by molar-refractivity contribution is 14.0. The minimum atomic E-state index is -0.227. The number of nitrogens with zero attached hydrogens (tertiary/aromatic N) is 3. The molecule has 1 atom stereocenters. The van der Waals surface area contributed by atoms with Gasteiger partial charge in [0.25, 0.3) is 0 Å². The van der Waals surface area contributed by atoms with Gasteiger partial charge in [-0.2, -0.15) is 0 Å². The van der Waals surface area contributed by atoms with Crippen molar-refractivity contribution in [3.63, 3.8) is 0 Å². The van der Waals surface area contributed by atoms with Gasteiger partial charge in [0.1, 0.15) is 18.1 Å². The largest absolute Gasteiger partial charge is 0.443 e.